The van der Waals surface area contributed by atoms with Gasteiger partial charge in [-0.05, 0) is 12.1 Å². The van der Waals surface area contributed by atoms with Crippen molar-refractivity contribution in [3.63, 3.8) is 0 Å². The normalized spacial score (nSPS) is 18.1. The first-order chi connectivity index (χ1) is 7.86. The van der Waals surface area contributed by atoms with Gasteiger partial charge in [0.1, 0.15) is 12.4 Å². The fraction of sp³-hybridized carbons (Fsp3) is 0.154. The fourth-order valence-electron chi connectivity index (χ4n) is 1.98. The molecule has 0 saturated carbocycles. The second kappa shape index (κ2) is 3.52. The molecule has 3 nitrogen and oxygen atoms in total. The van der Waals surface area contributed by atoms with Crippen molar-refractivity contribution in [3.05, 3.63) is 53.3 Å². The smallest absolute Gasteiger partial charge is 0.212 e. The molecule has 2 heterocycles. The molecule has 3 heteroatoms. The Kier molecular flexibility index (Phi) is 2.03. The Balaban J connectivity index is 2.13. The van der Waals surface area contributed by atoms with E-state index in [1.54, 1.807) is 6.07 Å². The Hall–Kier alpha value is -2.03. The summed E-state index contributed by atoms with van der Waals surface area (Å²) >= 11 is 0. The molecule has 0 fully saturated rings. The van der Waals surface area contributed by atoms with Crippen molar-refractivity contribution in [2.75, 3.05) is 13.2 Å². The van der Waals surface area contributed by atoms with Gasteiger partial charge in [0.25, 0.3) is 0 Å². The van der Waals surface area contributed by atoms with Crippen LogP contribution in [0.2, 0.25) is 0 Å². The van der Waals surface area contributed by atoms with E-state index >= 15 is 0 Å². The molecule has 0 amide bonds. The third kappa shape index (κ3) is 1.33. The van der Waals surface area contributed by atoms with Gasteiger partial charge < -0.3 is 10.1 Å². The average Bonchev–Trinajstić information content (AvgIpc) is 2.49. The van der Waals surface area contributed by atoms with E-state index in [1.165, 1.54) is 0 Å². The van der Waals surface area contributed by atoms with Gasteiger partial charge in [-0.25, -0.2) is 0 Å². The molecule has 3 rings (SSSR count). The van der Waals surface area contributed by atoms with E-state index in [9.17, 15) is 4.79 Å². The van der Waals surface area contributed by atoms with Gasteiger partial charge in [0.2, 0.25) is 5.78 Å². The zero-order chi connectivity index (χ0) is 11.0. The molecule has 0 aromatic heterocycles. The van der Waals surface area contributed by atoms with Gasteiger partial charge in [0, 0.05) is 12.1 Å². The first-order valence-electron chi connectivity index (χ1n) is 5.26. The van der Waals surface area contributed by atoms with Gasteiger partial charge in [0.15, 0.2) is 0 Å². The summed E-state index contributed by atoms with van der Waals surface area (Å²) in [4.78, 5) is 12.2. The Morgan fingerprint density at radius 3 is 3.06 bits per heavy atom. The van der Waals surface area contributed by atoms with Crippen molar-refractivity contribution < 1.29 is 9.53 Å². The molecule has 80 valence electrons. The summed E-state index contributed by atoms with van der Waals surface area (Å²) in [6.07, 6.45) is 3.95. The summed E-state index contributed by atoms with van der Waals surface area (Å²) in [5.41, 5.74) is 2.23. The first kappa shape index (κ1) is 9.21. The summed E-state index contributed by atoms with van der Waals surface area (Å²) in [6, 6.07) is 7.35. The van der Waals surface area contributed by atoms with Crippen LogP contribution < -0.4 is 10.1 Å². The Morgan fingerprint density at radius 1 is 1.25 bits per heavy atom. The van der Waals surface area contributed by atoms with Crippen molar-refractivity contribution in [1.29, 1.82) is 0 Å². The number of carbonyl (C=O) groups excluding carboxylic acids is 1. The highest BCUT2D eigenvalue weighted by Gasteiger charge is 2.24. The maximum Gasteiger partial charge on any atom is 0.212 e. The molecular weight excluding hydrogens is 202 g/mol. The molecule has 0 radical (unpaired) electrons. The second-order valence-electron chi connectivity index (χ2n) is 3.80. The molecular formula is C13H11NO2. The molecule has 0 atom stereocenters. The summed E-state index contributed by atoms with van der Waals surface area (Å²) < 4.78 is 5.62. The molecule has 16 heavy (non-hydrogen) atoms. The number of nitrogens with one attached hydrogen (secondary N) is 1. The SMILES string of the molecule is O=C1C2=C(C=CCN2)COc2ccccc21. The molecule has 0 unspecified atom stereocenters. The van der Waals surface area contributed by atoms with E-state index in [0.29, 0.717) is 30.2 Å². The molecule has 2 aliphatic rings. The zero-order valence-electron chi connectivity index (χ0n) is 8.69. The highest BCUT2D eigenvalue weighted by molar-refractivity contribution is 6.11. The fourth-order valence-corrected chi connectivity index (χ4v) is 1.98. The van der Waals surface area contributed by atoms with Gasteiger partial charge in [-0.15, -0.1) is 0 Å². The molecule has 1 aromatic carbocycles. The molecule has 0 bridgehead atoms. The quantitative estimate of drug-likeness (QED) is 0.712. The third-order valence-electron chi connectivity index (χ3n) is 2.78. The van der Waals surface area contributed by atoms with Crippen LogP contribution >= 0.6 is 0 Å². The van der Waals surface area contributed by atoms with Gasteiger partial charge in [-0.2, -0.15) is 0 Å². The summed E-state index contributed by atoms with van der Waals surface area (Å²) in [7, 11) is 0. The number of benzene rings is 1. The van der Waals surface area contributed by atoms with Crippen LogP contribution in [-0.2, 0) is 0 Å². The number of rotatable bonds is 0. The topological polar surface area (TPSA) is 38.3 Å². The van der Waals surface area contributed by atoms with Crippen molar-refractivity contribution in [1.82, 2.24) is 5.32 Å². The van der Waals surface area contributed by atoms with Crippen molar-refractivity contribution in [2.24, 2.45) is 0 Å². The lowest BCUT2D eigenvalue weighted by Crippen LogP contribution is -2.25. The summed E-state index contributed by atoms with van der Waals surface area (Å²) in [6.45, 7) is 1.15. The number of para-hydroxylation sites is 1. The zero-order valence-corrected chi connectivity index (χ0v) is 8.69. The van der Waals surface area contributed by atoms with Gasteiger partial charge in [-0.3, -0.25) is 4.79 Å². The lowest BCUT2D eigenvalue weighted by molar-refractivity contribution is 0.102. The molecule has 0 spiro atoms. The second-order valence-corrected chi connectivity index (χ2v) is 3.80. The largest absolute Gasteiger partial charge is 0.488 e. The van der Waals surface area contributed by atoms with Crippen LogP contribution in [0.4, 0.5) is 0 Å². The third-order valence-corrected chi connectivity index (χ3v) is 2.78. The van der Waals surface area contributed by atoms with E-state index in [4.69, 9.17) is 4.74 Å². The predicted octanol–water partition coefficient (Wildman–Crippen LogP) is 1.68. The Bertz CT molecular complexity index is 514. The first-order valence-corrected chi connectivity index (χ1v) is 5.26. The summed E-state index contributed by atoms with van der Waals surface area (Å²) in [5.74, 6) is 0.685. The van der Waals surface area contributed by atoms with Crippen LogP contribution in [0, 0.1) is 0 Å². The number of ether oxygens (including phenoxy) is 1. The predicted molar refractivity (Wildman–Crippen MR) is 60.4 cm³/mol. The Labute approximate surface area is 93.4 Å². The van der Waals surface area contributed by atoms with E-state index < -0.39 is 0 Å². The van der Waals surface area contributed by atoms with Gasteiger partial charge >= 0.3 is 0 Å². The van der Waals surface area contributed by atoms with Crippen LogP contribution in [0.25, 0.3) is 0 Å². The molecule has 0 aliphatic carbocycles. The minimum atomic E-state index is 0.0208. The number of allylic oxidation sites excluding steroid dienone is 1. The van der Waals surface area contributed by atoms with Crippen molar-refractivity contribution in [3.8, 4) is 5.75 Å². The molecule has 1 N–H and O–H groups in total. The average molecular weight is 213 g/mol. The maximum absolute atomic E-state index is 12.2. The number of carbonyl (C=O) groups is 1. The molecule has 1 aromatic rings. The Morgan fingerprint density at radius 2 is 2.12 bits per heavy atom. The molecule has 0 saturated heterocycles. The van der Waals surface area contributed by atoms with Crippen molar-refractivity contribution >= 4 is 5.78 Å². The lowest BCUT2D eigenvalue weighted by atomic mass is 10.0. The number of fused-ring (bicyclic) bond motifs is 1. The van der Waals surface area contributed by atoms with Crippen molar-refractivity contribution in [2.45, 2.75) is 0 Å². The number of Topliss-reactive ketones (excluding diaryl/α,β-unsaturated/α-hetero) is 1. The number of hydrogen-bond donors (Lipinski definition) is 1. The summed E-state index contributed by atoms with van der Waals surface area (Å²) in [5, 5.41) is 3.11. The van der Waals surface area contributed by atoms with Crippen LogP contribution in [0.5, 0.6) is 5.75 Å². The van der Waals surface area contributed by atoms with E-state index in [0.717, 1.165) is 5.57 Å². The minimum Gasteiger partial charge on any atom is -0.488 e. The van der Waals surface area contributed by atoms with E-state index in [-0.39, 0.29) is 5.78 Å². The number of ketones is 1. The van der Waals surface area contributed by atoms with E-state index in [2.05, 4.69) is 5.32 Å². The highest BCUT2D eigenvalue weighted by Crippen LogP contribution is 2.26. The lowest BCUT2D eigenvalue weighted by Gasteiger charge is -2.13. The van der Waals surface area contributed by atoms with E-state index in [1.807, 2.05) is 30.4 Å². The number of hydrogen-bond acceptors (Lipinski definition) is 3. The minimum absolute atomic E-state index is 0.0208. The monoisotopic (exact) mass is 213 g/mol. The van der Waals surface area contributed by atoms with Gasteiger partial charge in [-0.1, -0.05) is 24.3 Å². The number of dihydropyridines is 1. The molecule has 2 aliphatic heterocycles. The van der Waals surface area contributed by atoms with Crippen LogP contribution in [0.15, 0.2) is 47.7 Å². The maximum atomic E-state index is 12.2. The van der Waals surface area contributed by atoms with Gasteiger partial charge in [0.05, 0.1) is 11.3 Å². The standard InChI is InChI=1S/C13H11NO2/c15-13-10-5-1-2-6-11(10)16-8-9-4-3-7-14-12(9)13/h1-6,14H,7-8H2. The van der Waals surface area contributed by atoms with Crippen LogP contribution in [-0.4, -0.2) is 18.9 Å². The van der Waals surface area contributed by atoms with Crippen LogP contribution in [0.1, 0.15) is 10.4 Å². The highest BCUT2D eigenvalue weighted by atomic mass is 16.5. The van der Waals surface area contributed by atoms with Crippen LogP contribution in [0.3, 0.4) is 0 Å².